The molecule has 5 heteroatoms. The Bertz CT molecular complexity index is 418. The largest absolute Gasteiger partial charge is 0.372 e. The van der Waals surface area contributed by atoms with Crippen LogP contribution in [-0.4, -0.2) is 31.6 Å². The van der Waals surface area contributed by atoms with Crippen LogP contribution < -0.4 is 10.6 Å². The number of carbonyl (C=O) groups is 2. The van der Waals surface area contributed by atoms with Crippen molar-refractivity contribution in [3.63, 3.8) is 0 Å². The van der Waals surface area contributed by atoms with Crippen LogP contribution in [0, 0.1) is 0 Å². The average Bonchev–Trinajstić information content (AvgIpc) is 2.37. The minimum Gasteiger partial charge on any atom is -0.372 e. The lowest BCUT2D eigenvalue weighted by Crippen LogP contribution is -2.23. The second-order valence-corrected chi connectivity index (χ2v) is 3.63. The smallest absolute Gasteiger partial charge is 0.251 e. The first-order valence-corrected chi connectivity index (χ1v) is 5.93. The highest BCUT2D eigenvalue weighted by Gasteiger charge is 2.06. The molecule has 98 valence electrons. The van der Waals surface area contributed by atoms with E-state index in [4.69, 9.17) is 4.74 Å². The molecule has 1 aromatic carbocycles. The topological polar surface area (TPSA) is 67.4 Å². The Labute approximate surface area is 107 Å². The third-order valence-corrected chi connectivity index (χ3v) is 2.18. The van der Waals surface area contributed by atoms with Gasteiger partial charge in [-0.2, -0.15) is 0 Å². The molecule has 1 rings (SSSR count). The SMILES string of the molecule is CCNC(=O)c1cccc(NC(=O)COCC)c1. The van der Waals surface area contributed by atoms with E-state index in [1.54, 1.807) is 24.3 Å². The van der Waals surface area contributed by atoms with E-state index in [1.807, 2.05) is 13.8 Å². The van der Waals surface area contributed by atoms with Crippen molar-refractivity contribution in [2.45, 2.75) is 13.8 Å². The number of rotatable bonds is 6. The standard InChI is InChI=1S/C13H18N2O3/c1-3-14-13(17)10-6-5-7-11(8-10)15-12(16)9-18-4-2/h5-8H,3-4,9H2,1-2H3,(H,14,17)(H,15,16). The van der Waals surface area contributed by atoms with Gasteiger partial charge in [0.15, 0.2) is 0 Å². The molecule has 0 spiro atoms. The summed E-state index contributed by atoms with van der Waals surface area (Å²) in [6.07, 6.45) is 0. The van der Waals surface area contributed by atoms with Crippen LogP contribution >= 0.6 is 0 Å². The van der Waals surface area contributed by atoms with E-state index in [0.717, 1.165) is 0 Å². The van der Waals surface area contributed by atoms with Gasteiger partial charge < -0.3 is 15.4 Å². The lowest BCUT2D eigenvalue weighted by atomic mass is 10.2. The molecule has 0 aliphatic rings. The average molecular weight is 250 g/mol. The van der Waals surface area contributed by atoms with Gasteiger partial charge in [-0.25, -0.2) is 0 Å². The number of carbonyl (C=O) groups excluding carboxylic acids is 2. The van der Waals surface area contributed by atoms with Crippen molar-refractivity contribution in [1.82, 2.24) is 5.32 Å². The third kappa shape index (κ3) is 4.55. The normalized spacial score (nSPS) is 9.89. The van der Waals surface area contributed by atoms with Crippen LogP contribution in [0.2, 0.25) is 0 Å². The van der Waals surface area contributed by atoms with Crippen molar-refractivity contribution >= 4 is 17.5 Å². The van der Waals surface area contributed by atoms with E-state index in [0.29, 0.717) is 24.4 Å². The summed E-state index contributed by atoms with van der Waals surface area (Å²) < 4.78 is 4.99. The van der Waals surface area contributed by atoms with Gasteiger partial charge in [0.05, 0.1) is 0 Å². The van der Waals surface area contributed by atoms with E-state index in [2.05, 4.69) is 10.6 Å². The van der Waals surface area contributed by atoms with Gasteiger partial charge in [0.1, 0.15) is 6.61 Å². The molecule has 2 N–H and O–H groups in total. The molecule has 0 saturated heterocycles. The fourth-order valence-corrected chi connectivity index (χ4v) is 1.39. The third-order valence-electron chi connectivity index (χ3n) is 2.18. The molecule has 5 nitrogen and oxygen atoms in total. The van der Waals surface area contributed by atoms with Crippen LogP contribution in [0.5, 0.6) is 0 Å². The monoisotopic (exact) mass is 250 g/mol. The number of amides is 2. The highest BCUT2D eigenvalue weighted by Crippen LogP contribution is 2.10. The van der Waals surface area contributed by atoms with Crippen molar-refractivity contribution in [3.05, 3.63) is 29.8 Å². The number of nitrogens with one attached hydrogen (secondary N) is 2. The van der Waals surface area contributed by atoms with Crippen LogP contribution in [-0.2, 0) is 9.53 Å². The number of benzene rings is 1. The fourth-order valence-electron chi connectivity index (χ4n) is 1.39. The number of hydrogen-bond donors (Lipinski definition) is 2. The molecule has 1 aromatic rings. The van der Waals surface area contributed by atoms with Gasteiger partial charge in [-0.3, -0.25) is 9.59 Å². The molecule has 0 aliphatic heterocycles. The first-order valence-electron chi connectivity index (χ1n) is 5.93. The van der Waals surface area contributed by atoms with E-state index >= 15 is 0 Å². The zero-order valence-corrected chi connectivity index (χ0v) is 10.7. The molecule has 0 aromatic heterocycles. The molecule has 18 heavy (non-hydrogen) atoms. The summed E-state index contributed by atoms with van der Waals surface area (Å²) in [5.74, 6) is -0.386. The minimum absolute atomic E-state index is 0.0158. The zero-order chi connectivity index (χ0) is 13.4. The predicted molar refractivity (Wildman–Crippen MR) is 69.6 cm³/mol. The van der Waals surface area contributed by atoms with Crippen molar-refractivity contribution in [2.24, 2.45) is 0 Å². The second-order valence-electron chi connectivity index (χ2n) is 3.63. The number of ether oxygens (including phenoxy) is 1. The van der Waals surface area contributed by atoms with E-state index < -0.39 is 0 Å². The van der Waals surface area contributed by atoms with Crippen molar-refractivity contribution in [1.29, 1.82) is 0 Å². The predicted octanol–water partition coefficient (Wildman–Crippen LogP) is 1.41. The quantitative estimate of drug-likeness (QED) is 0.802. The molecule has 2 amide bonds. The highest BCUT2D eigenvalue weighted by molar-refractivity contribution is 5.97. The maximum Gasteiger partial charge on any atom is 0.251 e. The molecule has 0 atom stereocenters. The number of anilines is 1. The van der Waals surface area contributed by atoms with Gasteiger partial charge >= 0.3 is 0 Å². The first-order chi connectivity index (χ1) is 8.67. The summed E-state index contributed by atoms with van der Waals surface area (Å²) in [4.78, 5) is 23.0. The highest BCUT2D eigenvalue weighted by atomic mass is 16.5. The maximum atomic E-state index is 11.6. The summed E-state index contributed by atoms with van der Waals surface area (Å²) in [6.45, 7) is 4.75. The lowest BCUT2D eigenvalue weighted by Gasteiger charge is -2.07. The van der Waals surface area contributed by atoms with Crippen molar-refractivity contribution in [3.8, 4) is 0 Å². The van der Waals surface area contributed by atoms with Crippen LogP contribution in [0.1, 0.15) is 24.2 Å². The van der Waals surface area contributed by atoms with Crippen LogP contribution in [0.3, 0.4) is 0 Å². The summed E-state index contributed by atoms with van der Waals surface area (Å²) in [5.41, 5.74) is 1.11. The van der Waals surface area contributed by atoms with Gasteiger partial charge in [-0.15, -0.1) is 0 Å². The Kier molecular flexibility index (Phi) is 5.87. The van der Waals surface area contributed by atoms with E-state index in [1.165, 1.54) is 0 Å². The van der Waals surface area contributed by atoms with Crippen molar-refractivity contribution in [2.75, 3.05) is 25.1 Å². The molecule has 0 radical (unpaired) electrons. The molecule has 0 bridgehead atoms. The Morgan fingerprint density at radius 3 is 2.72 bits per heavy atom. The molecular formula is C13H18N2O3. The molecule has 0 unspecified atom stereocenters. The summed E-state index contributed by atoms with van der Waals surface area (Å²) in [5, 5.41) is 5.37. The first kappa shape index (κ1) is 14.2. The van der Waals surface area contributed by atoms with Crippen LogP contribution in [0.25, 0.3) is 0 Å². The second kappa shape index (κ2) is 7.45. The zero-order valence-electron chi connectivity index (χ0n) is 10.7. The maximum absolute atomic E-state index is 11.6. The van der Waals surface area contributed by atoms with Gasteiger partial charge in [-0.1, -0.05) is 6.07 Å². The summed E-state index contributed by atoms with van der Waals surface area (Å²) in [7, 11) is 0. The summed E-state index contributed by atoms with van der Waals surface area (Å²) in [6, 6.07) is 6.78. The Hall–Kier alpha value is -1.88. The molecule has 0 heterocycles. The van der Waals surface area contributed by atoms with E-state index in [9.17, 15) is 9.59 Å². The van der Waals surface area contributed by atoms with Crippen molar-refractivity contribution < 1.29 is 14.3 Å². The van der Waals surface area contributed by atoms with Crippen LogP contribution in [0.15, 0.2) is 24.3 Å². The molecule has 0 aliphatic carbocycles. The minimum atomic E-state index is -0.232. The summed E-state index contributed by atoms with van der Waals surface area (Å²) >= 11 is 0. The Balaban J connectivity index is 2.64. The molecule has 0 fully saturated rings. The lowest BCUT2D eigenvalue weighted by molar-refractivity contribution is -0.120. The van der Waals surface area contributed by atoms with E-state index in [-0.39, 0.29) is 18.4 Å². The Morgan fingerprint density at radius 2 is 2.06 bits per heavy atom. The Morgan fingerprint density at radius 1 is 1.28 bits per heavy atom. The van der Waals surface area contributed by atoms with Gasteiger partial charge in [0.25, 0.3) is 5.91 Å². The molecule has 0 saturated carbocycles. The number of hydrogen-bond acceptors (Lipinski definition) is 3. The van der Waals surface area contributed by atoms with Crippen LogP contribution in [0.4, 0.5) is 5.69 Å². The molecular weight excluding hydrogens is 232 g/mol. The van der Waals surface area contributed by atoms with Gasteiger partial charge in [0.2, 0.25) is 5.91 Å². The fraction of sp³-hybridized carbons (Fsp3) is 0.385. The van der Waals surface area contributed by atoms with Gasteiger partial charge in [0, 0.05) is 24.4 Å². The van der Waals surface area contributed by atoms with Gasteiger partial charge in [-0.05, 0) is 32.0 Å².